The number of benzene rings is 2. The van der Waals surface area contributed by atoms with Crippen molar-refractivity contribution in [2.24, 2.45) is 11.8 Å². The summed E-state index contributed by atoms with van der Waals surface area (Å²) in [5.74, 6) is -0.720. The topological polar surface area (TPSA) is 75.6 Å². The molecule has 0 bridgehead atoms. The minimum atomic E-state index is -1.01. The molecule has 0 saturated heterocycles. The Kier molecular flexibility index (Phi) is 4.15. The quantitative estimate of drug-likeness (QED) is 0.862. The third kappa shape index (κ3) is 2.94. The van der Waals surface area contributed by atoms with E-state index in [1.54, 1.807) is 0 Å². The molecular weight excluding hydrogens is 330 g/mol. The molecule has 3 atom stereocenters. The number of carboxylic acids is 1. The van der Waals surface area contributed by atoms with E-state index in [1.807, 2.05) is 43.3 Å². The summed E-state index contributed by atoms with van der Waals surface area (Å²) in [6.07, 6.45) is 0.152. The molecule has 1 fully saturated rings. The molecule has 5 heteroatoms. The van der Waals surface area contributed by atoms with Crippen LogP contribution in [0.2, 0.25) is 0 Å². The fraction of sp³-hybridized carbons (Fsp3) is 0.333. The van der Waals surface area contributed by atoms with Crippen LogP contribution in [-0.4, -0.2) is 29.8 Å². The van der Waals surface area contributed by atoms with E-state index in [0.717, 1.165) is 28.7 Å². The largest absolute Gasteiger partial charge is 0.480 e. The molecule has 1 amide bonds. The molecule has 2 aliphatic carbocycles. The van der Waals surface area contributed by atoms with E-state index in [9.17, 15) is 14.7 Å². The van der Waals surface area contributed by atoms with Crippen LogP contribution >= 0.6 is 0 Å². The number of carboxylic acid groups (broad SMARTS) is 1. The second-order valence-electron chi connectivity index (χ2n) is 7.16. The Morgan fingerprint density at radius 2 is 1.65 bits per heavy atom. The molecule has 1 saturated carbocycles. The van der Waals surface area contributed by atoms with Gasteiger partial charge < -0.3 is 15.2 Å². The molecule has 2 aliphatic rings. The maximum atomic E-state index is 12.2. The summed E-state index contributed by atoms with van der Waals surface area (Å²) in [7, 11) is 0. The third-order valence-electron chi connectivity index (χ3n) is 5.48. The number of aliphatic carboxylic acids is 1. The van der Waals surface area contributed by atoms with E-state index < -0.39 is 18.1 Å². The molecule has 26 heavy (non-hydrogen) atoms. The van der Waals surface area contributed by atoms with Gasteiger partial charge in [-0.15, -0.1) is 0 Å². The van der Waals surface area contributed by atoms with Crippen molar-refractivity contribution < 1.29 is 19.4 Å². The van der Waals surface area contributed by atoms with Gasteiger partial charge in [0.2, 0.25) is 0 Å². The molecule has 0 aromatic heterocycles. The lowest BCUT2D eigenvalue weighted by atomic mass is 9.98. The highest BCUT2D eigenvalue weighted by molar-refractivity contribution is 5.81. The first-order valence-electron chi connectivity index (χ1n) is 8.90. The lowest BCUT2D eigenvalue weighted by Crippen LogP contribution is -2.43. The van der Waals surface area contributed by atoms with Gasteiger partial charge in [0.1, 0.15) is 12.6 Å². The number of carbonyl (C=O) groups excluding carboxylic acids is 1. The van der Waals surface area contributed by atoms with E-state index in [1.165, 1.54) is 0 Å². The minimum absolute atomic E-state index is 0.00650. The van der Waals surface area contributed by atoms with Gasteiger partial charge in [0, 0.05) is 5.92 Å². The number of hydrogen-bond donors (Lipinski definition) is 2. The molecule has 2 N–H and O–H groups in total. The highest BCUT2D eigenvalue weighted by Gasteiger charge is 2.44. The SMILES string of the molecule is CC1CC1C(NC(=O)OCC1c2ccccc2-c2ccccc21)C(=O)O. The average Bonchev–Trinajstić information content (AvgIpc) is 3.27. The number of carbonyl (C=O) groups is 2. The van der Waals surface area contributed by atoms with Gasteiger partial charge in [0.15, 0.2) is 0 Å². The maximum absolute atomic E-state index is 12.2. The minimum Gasteiger partial charge on any atom is -0.480 e. The van der Waals surface area contributed by atoms with Crippen molar-refractivity contribution in [3.05, 3.63) is 59.7 Å². The Balaban J connectivity index is 1.46. The number of nitrogens with one attached hydrogen (secondary N) is 1. The van der Waals surface area contributed by atoms with Crippen molar-refractivity contribution in [1.82, 2.24) is 5.32 Å². The van der Waals surface area contributed by atoms with Gasteiger partial charge in [-0.2, -0.15) is 0 Å². The summed E-state index contributed by atoms with van der Waals surface area (Å²) in [5, 5.41) is 11.8. The zero-order chi connectivity index (χ0) is 18.3. The molecule has 134 valence electrons. The normalized spacial score (nSPS) is 21.4. The van der Waals surface area contributed by atoms with Crippen molar-refractivity contribution in [3.63, 3.8) is 0 Å². The van der Waals surface area contributed by atoms with Gasteiger partial charge in [-0.3, -0.25) is 0 Å². The number of alkyl carbamates (subject to hydrolysis) is 1. The van der Waals surface area contributed by atoms with Crippen LogP contribution in [0.25, 0.3) is 11.1 Å². The molecule has 4 rings (SSSR count). The number of fused-ring (bicyclic) bond motifs is 3. The number of amides is 1. The van der Waals surface area contributed by atoms with Crippen LogP contribution in [0, 0.1) is 11.8 Å². The summed E-state index contributed by atoms with van der Waals surface area (Å²) >= 11 is 0. The fourth-order valence-electron chi connectivity index (χ4n) is 3.93. The Morgan fingerprint density at radius 3 is 2.15 bits per heavy atom. The highest BCUT2D eigenvalue weighted by atomic mass is 16.5. The van der Waals surface area contributed by atoms with Crippen LogP contribution in [0.1, 0.15) is 30.4 Å². The zero-order valence-electron chi connectivity index (χ0n) is 14.5. The Bertz CT molecular complexity index is 817. The molecule has 0 spiro atoms. The van der Waals surface area contributed by atoms with E-state index in [4.69, 9.17) is 4.74 Å². The maximum Gasteiger partial charge on any atom is 0.407 e. The lowest BCUT2D eigenvalue weighted by molar-refractivity contribution is -0.140. The Morgan fingerprint density at radius 1 is 1.12 bits per heavy atom. The van der Waals surface area contributed by atoms with Gasteiger partial charge in [-0.1, -0.05) is 55.5 Å². The second kappa shape index (κ2) is 6.48. The molecule has 3 unspecified atom stereocenters. The van der Waals surface area contributed by atoms with E-state index in [2.05, 4.69) is 17.4 Å². The second-order valence-corrected chi connectivity index (χ2v) is 7.16. The van der Waals surface area contributed by atoms with Crippen molar-refractivity contribution in [3.8, 4) is 11.1 Å². The molecule has 0 aliphatic heterocycles. The number of rotatable bonds is 5. The van der Waals surface area contributed by atoms with Gasteiger partial charge in [0.05, 0.1) is 0 Å². The Hall–Kier alpha value is -2.82. The van der Waals surface area contributed by atoms with Crippen LogP contribution in [-0.2, 0) is 9.53 Å². The summed E-state index contributed by atoms with van der Waals surface area (Å²) in [6.45, 7) is 2.17. The van der Waals surface area contributed by atoms with E-state index >= 15 is 0 Å². The average molecular weight is 351 g/mol. The molecule has 2 aromatic rings. The summed E-state index contributed by atoms with van der Waals surface area (Å²) in [6, 6.07) is 15.3. The van der Waals surface area contributed by atoms with E-state index in [-0.39, 0.29) is 18.4 Å². The Labute approximate surface area is 152 Å². The molecule has 5 nitrogen and oxygen atoms in total. The van der Waals surface area contributed by atoms with Gasteiger partial charge in [-0.05, 0) is 40.5 Å². The molecule has 0 radical (unpaired) electrons. The van der Waals surface area contributed by atoms with E-state index in [0.29, 0.717) is 5.92 Å². The molecule has 0 heterocycles. The monoisotopic (exact) mass is 351 g/mol. The predicted octanol–water partition coefficient (Wildman–Crippen LogP) is 3.63. The van der Waals surface area contributed by atoms with Crippen LogP contribution in [0.5, 0.6) is 0 Å². The van der Waals surface area contributed by atoms with Gasteiger partial charge in [-0.25, -0.2) is 9.59 Å². The van der Waals surface area contributed by atoms with Crippen molar-refractivity contribution in [2.75, 3.05) is 6.61 Å². The fourth-order valence-corrected chi connectivity index (χ4v) is 3.93. The molecule has 2 aromatic carbocycles. The van der Waals surface area contributed by atoms with Crippen LogP contribution in [0.15, 0.2) is 48.5 Å². The van der Waals surface area contributed by atoms with Gasteiger partial charge in [0.25, 0.3) is 0 Å². The van der Waals surface area contributed by atoms with Crippen LogP contribution in [0.4, 0.5) is 4.79 Å². The smallest absolute Gasteiger partial charge is 0.407 e. The highest BCUT2D eigenvalue weighted by Crippen LogP contribution is 2.44. The van der Waals surface area contributed by atoms with Crippen LogP contribution < -0.4 is 5.32 Å². The number of hydrogen-bond acceptors (Lipinski definition) is 3. The standard InChI is InChI=1S/C21H21NO4/c1-12-10-17(12)19(20(23)24)22-21(25)26-11-18-15-8-4-2-6-13(15)14-7-3-5-9-16(14)18/h2-9,12,17-19H,10-11H2,1H3,(H,22,25)(H,23,24). The zero-order valence-corrected chi connectivity index (χ0v) is 14.5. The van der Waals surface area contributed by atoms with Gasteiger partial charge >= 0.3 is 12.1 Å². The predicted molar refractivity (Wildman–Crippen MR) is 96.9 cm³/mol. The first-order chi connectivity index (χ1) is 12.6. The van der Waals surface area contributed by atoms with Crippen molar-refractivity contribution in [2.45, 2.75) is 25.3 Å². The third-order valence-corrected chi connectivity index (χ3v) is 5.48. The first kappa shape index (κ1) is 16.6. The van der Waals surface area contributed by atoms with Crippen molar-refractivity contribution in [1.29, 1.82) is 0 Å². The number of ether oxygens (including phenoxy) is 1. The summed E-state index contributed by atoms with van der Waals surface area (Å²) < 4.78 is 5.42. The van der Waals surface area contributed by atoms with Crippen LogP contribution in [0.3, 0.4) is 0 Å². The molecular formula is C21H21NO4. The summed E-state index contributed by atoms with van der Waals surface area (Å²) in [4.78, 5) is 23.6. The lowest BCUT2D eigenvalue weighted by Gasteiger charge is -2.17. The first-order valence-corrected chi connectivity index (χ1v) is 8.90. The van der Waals surface area contributed by atoms with Crippen molar-refractivity contribution >= 4 is 12.1 Å². The summed E-state index contributed by atoms with van der Waals surface area (Å²) in [5.41, 5.74) is 4.58.